The van der Waals surface area contributed by atoms with Gasteiger partial charge in [0.05, 0.1) is 10.0 Å². The highest BCUT2D eigenvalue weighted by Gasteiger charge is 2.25. The first kappa shape index (κ1) is 18.0. The molecule has 1 aromatic rings. The van der Waals surface area contributed by atoms with E-state index in [4.69, 9.17) is 23.2 Å². The molecule has 2 N–H and O–H groups in total. The summed E-state index contributed by atoms with van der Waals surface area (Å²) in [7, 11) is 0. The number of hydrogen-bond donors (Lipinski definition) is 2. The summed E-state index contributed by atoms with van der Waals surface area (Å²) in [4.78, 5) is 14.7. The van der Waals surface area contributed by atoms with E-state index in [0.717, 1.165) is 58.4 Å². The van der Waals surface area contributed by atoms with Crippen LogP contribution in [0.3, 0.4) is 0 Å². The molecule has 0 saturated carbocycles. The van der Waals surface area contributed by atoms with Crippen molar-refractivity contribution in [1.29, 1.82) is 0 Å². The number of benzene rings is 1. The molecule has 2 aliphatic rings. The van der Waals surface area contributed by atoms with E-state index in [1.54, 1.807) is 0 Å². The van der Waals surface area contributed by atoms with Crippen LogP contribution in [0.15, 0.2) is 18.2 Å². The minimum Gasteiger partial charge on any atom is -0.353 e. The van der Waals surface area contributed by atoms with Crippen LogP contribution in [-0.2, 0) is 11.3 Å². The number of halogens is 2. The van der Waals surface area contributed by atoms with Gasteiger partial charge >= 0.3 is 0 Å². The summed E-state index contributed by atoms with van der Waals surface area (Å²) in [6, 6.07) is 6.14. The Morgan fingerprint density at radius 1 is 1.12 bits per heavy atom. The van der Waals surface area contributed by atoms with Crippen molar-refractivity contribution in [3.05, 3.63) is 33.8 Å². The van der Waals surface area contributed by atoms with Crippen LogP contribution in [0.5, 0.6) is 0 Å². The normalized spacial score (nSPS) is 20.9. The Morgan fingerprint density at radius 3 is 2.50 bits per heavy atom. The van der Waals surface area contributed by atoms with Gasteiger partial charge in [-0.15, -0.1) is 0 Å². The molecule has 1 amide bonds. The van der Waals surface area contributed by atoms with Crippen molar-refractivity contribution in [2.24, 2.45) is 5.92 Å². The number of hydrogen-bond acceptors (Lipinski definition) is 3. The molecule has 0 aliphatic carbocycles. The molecule has 2 heterocycles. The van der Waals surface area contributed by atoms with Gasteiger partial charge in [-0.05, 0) is 56.5 Å². The molecule has 2 fully saturated rings. The Bertz CT molecular complexity index is 567. The molecule has 0 spiro atoms. The van der Waals surface area contributed by atoms with Crippen molar-refractivity contribution in [2.45, 2.75) is 38.3 Å². The Hall–Kier alpha value is -0.810. The van der Waals surface area contributed by atoms with Crippen LogP contribution in [-0.4, -0.2) is 43.0 Å². The molecule has 6 heteroatoms. The first-order valence-corrected chi connectivity index (χ1v) is 9.55. The Kier molecular flexibility index (Phi) is 6.39. The summed E-state index contributed by atoms with van der Waals surface area (Å²) in [6.45, 7) is 4.79. The average molecular weight is 370 g/mol. The molecule has 2 saturated heterocycles. The maximum Gasteiger partial charge on any atom is 0.223 e. The minimum absolute atomic E-state index is 0.195. The summed E-state index contributed by atoms with van der Waals surface area (Å²) in [5, 5.41) is 7.77. The van der Waals surface area contributed by atoms with Crippen LogP contribution in [0, 0.1) is 5.92 Å². The van der Waals surface area contributed by atoms with E-state index in [-0.39, 0.29) is 11.8 Å². The van der Waals surface area contributed by atoms with Gasteiger partial charge in [-0.25, -0.2) is 0 Å². The van der Waals surface area contributed by atoms with E-state index in [0.29, 0.717) is 16.1 Å². The van der Waals surface area contributed by atoms with Gasteiger partial charge in [0.1, 0.15) is 0 Å². The minimum atomic E-state index is 0.195. The Balaban J connectivity index is 1.43. The van der Waals surface area contributed by atoms with Crippen molar-refractivity contribution >= 4 is 29.1 Å². The molecule has 0 unspecified atom stereocenters. The van der Waals surface area contributed by atoms with Crippen LogP contribution in [0.2, 0.25) is 10.0 Å². The molecule has 3 rings (SSSR count). The molecule has 0 atom stereocenters. The summed E-state index contributed by atoms with van der Waals surface area (Å²) >= 11 is 12.0. The van der Waals surface area contributed by atoms with Gasteiger partial charge in [-0.2, -0.15) is 0 Å². The number of likely N-dealkylation sites (tertiary alicyclic amines) is 1. The molecule has 132 valence electrons. The van der Waals surface area contributed by atoms with Crippen LogP contribution in [0.1, 0.15) is 31.2 Å². The monoisotopic (exact) mass is 369 g/mol. The maximum absolute atomic E-state index is 12.3. The second-order valence-corrected chi connectivity index (χ2v) is 7.65. The zero-order valence-corrected chi connectivity index (χ0v) is 15.4. The van der Waals surface area contributed by atoms with E-state index in [1.807, 2.05) is 18.2 Å². The highest BCUT2D eigenvalue weighted by atomic mass is 35.5. The Morgan fingerprint density at radius 2 is 1.83 bits per heavy atom. The van der Waals surface area contributed by atoms with Crippen molar-refractivity contribution in [1.82, 2.24) is 15.5 Å². The van der Waals surface area contributed by atoms with Crippen molar-refractivity contribution in [3.8, 4) is 0 Å². The fourth-order valence-electron chi connectivity index (χ4n) is 3.53. The molecule has 0 bridgehead atoms. The third kappa shape index (κ3) is 4.85. The van der Waals surface area contributed by atoms with E-state index in [2.05, 4.69) is 15.5 Å². The van der Waals surface area contributed by atoms with E-state index in [9.17, 15) is 4.79 Å². The number of rotatable bonds is 4. The molecule has 1 aromatic carbocycles. The highest BCUT2D eigenvalue weighted by molar-refractivity contribution is 6.42. The van der Waals surface area contributed by atoms with Gasteiger partial charge in [0.15, 0.2) is 0 Å². The lowest BCUT2D eigenvalue weighted by Crippen LogP contribution is -2.47. The molecule has 0 aromatic heterocycles. The van der Waals surface area contributed by atoms with Gasteiger partial charge in [0, 0.05) is 31.6 Å². The van der Waals surface area contributed by atoms with E-state index in [1.165, 1.54) is 5.56 Å². The van der Waals surface area contributed by atoms with Crippen molar-refractivity contribution < 1.29 is 4.79 Å². The second kappa shape index (κ2) is 8.52. The first-order valence-electron chi connectivity index (χ1n) is 8.79. The fourth-order valence-corrected chi connectivity index (χ4v) is 3.86. The van der Waals surface area contributed by atoms with Crippen LogP contribution >= 0.6 is 23.2 Å². The fraction of sp³-hybridized carbons (Fsp3) is 0.611. The number of carbonyl (C=O) groups excluding carboxylic acids is 1. The molecule has 4 nitrogen and oxygen atoms in total. The predicted molar refractivity (Wildman–Crippen MR) is 98.5 cm³/mol. The molecular formula is C18H25Cl2N3O. The zero-order chi connectivity index (χ0) is 16.9. The predicted octanol–water partition coefficient (Wildman–Crippen LogP) is 3.07. The lowest BCUT2D eigenvalue weighted by atomic mass is 9.96. The summed E-state index contributed by atoms with van der Waals surface area (Å²) < 4.78 is 0. The SMILES string of the molecule is O=C(NC1CCN(Cc2ccc(Cl)c(Cl)c2)CC1)C1CCNCC1. The standard InChI is InChI=1S/C18H25Cl2N3O/c19-16-2-1-13(11-17(16)20)12-23-9-5-15(6-10-23)22-18(24)14-3-7-21-8-4-14/h1-2,11,14-15,21H,3-10,12H2,(H,22,24). The van der Waals surface area contributed by atoms with Crippen LogP contribution in [0.25, 0.3) is 0 Å². The number of nitrogens with one attached hydrogen (secondary N) is 2. The average Bonchev–Trinajstić information content (AvgIpc) is 2.61. The Labute approximate surface area is 153 Å². The van der Waals surface area contributed by atoms with Crippen LogP contribution in [0.4, 0.5) is 0 Å². The quantitative estimate of drug-likeness (QED) is 0.856. The number of piperidine rings is 2. The smallest absolute Gasteiger partial charge is 0.223 e. The third-order valence-corrected chi connectivity index (χ3v) is 5.77. The molecular weight excluding hydrogens is 345 g/mol. The summed E-state index contributed by atoms with van der Waals surface area (Å²) in [5.74, 6) is 0.444. The summed E-state index contributed by atoms with van der Waals surface area (Å²) in [5.41, 5.74) is 1.18. The zero-order valence-electron chi connectivity index (χ0n) is 13.9. The van der Waals surface area contributed by atoms with Gasteiger partial charge in [-0.3, -0.25) is 9.69 Å². The lowest BCUT2D eigenvalue weighted by molar-refractivity contribution is -0.126. The van der Waals surface area contributed by atoms with Crippen LogP contribution < -0.4 is 10.6 Å². The van der Waals surface area contributed by atoms with Gasteiger partial charge in [0.25, 0.3) is 0 Å². The van der Waals surface area contributed by atoms with Gasteiger partial charge < -0.3 is 10.6 Å². The molecule has 2 aliphatic heterocycles. The van der Waals surface area contributed by atoms with Gasteiger partial charge in [-0.1, -0.05) is 29.3 Å². The first-order chi connectivity index (χ1) is 11.6. The second-order valence-electron chi connectivity index (χ2n) is 6.83. The highest BCUT2D eigenvalue weighted by Crippen LogP contribution is 2.24. The van der Waals surface area contributed by atoms with Crippen molar-refractivity contribution in [2.75, 3.05) is 26.2 Å². The van der Waals surface area contributed by atoms with Crippen molar-refractivity contribution in [3.63, 3.8) is 0 Å². The number of amides is 1. The third-order valence-electron chi connectivity index (χ3n) is 5.03. The van der Waals surface area contributed by atoms with Gasteiger partial charge in [0.2, 0.25) is 5.91 Å². The molecule has 0 radical (unpaired) electrons. The lowest BCUT2D eigenvalue weighted by Gasteiger charge is -2.33. The largest absolute Gasteiger partial charge is 0.353 e. The summed E-state index contributed by atoms with van der Waals surface area (Å²) in [6.07, 6.45) is 3.94. The number of nitrogens with zero attached hydrogens (tertiary/aromatic N) is 1. The topological polar surface area (TPSA) is 44.4 Å². The maximum atomic E-state index is 12.3. The van der Waals surface area contributed by atoms with E-state index >= 15 is 0 Å². The molecule has 24 heavy (non-hydrogen) atoms. The van der Waals surface area contributed by atoms with E-state index < -0.39 is 0 Å². The number of carbonyl (C=O) groups is 1.